The maximum absolute atomic E-state index is 12.3. The second kappa shape index (κ2) is 8.00. The molecule has 18 heavy (non-hydrogen) atoms. The molecule has 1 aromatic carbocycles. The Bertz CT molecular complexity index is 377. The summed E-state index contributed by atoms with van der Waals surface area (Å²) < 4.78 is 28.0. The van der Waals surface area contributed by atoms with E-state index in [-0.39, 0.29) is 18.8 Å². The summed E-state index contributed by atoms with van der Waals surface area (Å²) in [5.41, 5.74) is 6.59. The minimum atomic E-state index is -0.474. The Kier molecular flexibility index (Phi) is 7.47. The van der Waals surface area contributed by atoms with Crippen molar-refractivity contribution < 1.29 is 18.6 Å². The number of hydrogen-bond acceptors (Lipinski definition) is 4. The predicted octanol–water partition coefficient (Wildman–Crippen LogP) is 2.49. The molecule has 0 saturated heterocycles. The number of halogens is 2. The molecule has 0 spiro atoms. The molecule has 6 heteroatoms. The summed E-state index contributed by atoms with van der Waals surface area (Å²) in [4.78, 5) is 0. The van der Waals surface area contributed by atoms with Gasteiger partial charge in [0.1, 0.15) is 0 Å². The zero-order chi connectivity index (χ0) is 12.8. The summed E-state index contributed by atoms with van der Waals surface area (Å²) in [5, 5.41) is 0. The van der Waals surface area contributed by atoms with Crippen LogP contribution >= 0.6 is 12.4 Å². The highest BCUT2D eigenvalue weighted by Gasteiger charge is 2.19. The Labute approximate surface area is 113 Å². The lowest BCUT2D eigenvalue weighted by atomic mass is 10.0. The minimum absolute atomic E-state index is 0. The van der Waals surface area contributed by atoms with Crippen LogP contribution in [0.15, 0.2) is 12.1 Å². The molecule has 0 fully saturated rings. The number of nitrogens with two attached hydrogens (primary N) is 1. The molecule has 0 bridgehead atoms. The van der Waals surface area contributed by atoms with Crippen molar-refractivity contribution in [1.29, 1.82) is 0 Å². The third kappa shape index (κ3) is 3.40. The van der Waals surface area contributed by atoms with Crippen LogP contribution in [0.5, 0.6) is 17.2 Å². The highest BCUT2D eigenvalue weighted by Crippen LogP contribution is 2.42. The maximum Gasteiger partial charge on any atom is 0.203 e. The highest BCUT2D eigenvalue weighted by atomic mass is 35.5. The Hall–Kier alpha value is -1.20. The molecule has 1 atom stereocenters. The molecule has 0 amide bonds. The first kappa shape index (κ1) is 16.8. The van der Waals surface area contributed by atoms with Gasteiger partial charge in [0.2, 0.25) is 5.75 Å². The van der Waals surface area contributed by atoms with E-state index in [1.165, 1.54) is 14.2 Å². The van der Waals surface area contributed by atoms with Crippen molar-refractivity contribution in [2.75, 3.05) is 28.0 Å². The molecule has 1 rings (SSSR count). The van der Waals surface area contributed by atoms with Gasteiger partial charge in [-0.3, -0.25) is 4.39 Å². The molecule has 0 heterocycles. The molecule has 0 unspecified atom stereocenters. The Morgan fingerprint density at radius 2 is 1.72 bits per heavy atom. The molecule has 2 N–H and O–H groups in total. The van der Waals surface area contributed by atoms with Crippen LogP contribution in [0.4, 0.5) is 4.39 Å². The summed E-state index contributed by atoms with van der Waals surface area (Å²) in [5.74, 6) is 1.52. The number of methoxy groups -OCH3 is 3. The number of ether oxygens (including phenoxy) is 3. The number of benzene rings is 1. The molecule has 0 radical (unpaired) electrons. The largest absolute Gasteiger partial charge is 0.493 e. The first-order valence-corrected chi connectivity index (χ1v) is 5.30. The van der Waals surface area contributed by atoms with Gasteiger partial charge in [-0.25, -0.2) is 0 Å². The van der Waals surface area contributed by atoms with E-state index in [2.05, 4.69) is 0 Å². The fourth-order valence-electron chi connectivity index (χ4n) is 1.69. The Balaban J connectivity index is 0.00000289. The lowest BCUT2D eigenvalue weighted by Gasteiger charge is -2.18. The summed E-state index contributed by atoms with van der Waals surface area (Å²) in [6.07, 6.45) is 0.242. The zero-order valence-corrected chi connectivity index (χ0v) is 11.6. The van der Waals surface area contributed by atoms with E-state index in [0.717, 1.165) is 0 Å². The molecule has 0 aliphatic carbocycles. The molecule has 0 aliphatic rings. The molecule has 0 saturated carbocycles. The van der Waals surface area contributed by atoms with E-state index >= 15 is 0 Å². The number of rotatable bonds is 6. The average Bonchev–Trinajstić information content (AvgIpc) is 2.36. The summed E-state index contributed by atoms with van der Waals surface area (Å²) in [6.45, 7) is -0.474. The van der Waals surface area contributed by atoms with Crippen LogP contribution in [0.1, 0.15) is 18.0 Å². The van der Waals surface area contributed by atoms with Gasteiger partial charge >= 0.3 is 0 Å². The fraction of sp³-hybridized carbons (Fsp3) is 0.500. The van der Waals surface area contributed by atoms with E-state index in [4.69, 9.17) is 19.9 Å². The first-order chi connectivity index (χ1) is 8.19. The van der Waals surface area contributed by atoms with Crippen LogP contribution in [-0.2, 0) is 0 Å². The van der Waals surface area contributed by atoms with Crippen molar-refractivity contribution in [2.45, 2.75) is 12.5 Å². The summed E-state index contributed by atoms with van der Waals surface area (Å²) >= 11 is 0. The van der Waals surface area contributed by atoms with Gasteiger partial charge in [0.05, 0.1) is 28.0 Å². The van der Waals surface area contributed by atoms with E-state index in [1.54, 1.807) is 19.2 Å². The second-order valence-corrected chi connectivity index (χ2v) is 3.51. The third-order valence-electron chi connectivity index (χ3n) is 2.55. The van der Waals surface area contributed by atoms with Crippen molar-refractivity contribution in [3.05, 3.63) is 17.7 Å². The topological polar surface area (TPSA) is 53.7 Å². The van der Waals surface area contributed by atoms with Crippen molar-refractivity contribution >= 4 is 12.4 Å². The van der Waals surface area contributed by atoms with E-state index in [9.17, 15) is 4.39 Å². The maximum atomic E-state index is 12.3. The van der Waals surface area contributed by atoms with E-state index in [1.807, 2.05) is 0 Å². The molecule has 104 valence electrons. The Morgan fingerprint density at radius 1 is 1.11 bits per heavy atom. The fourth-order valence-corrected chi connectivity index (χ4v) is 1.69. The van der Waals surface area contributed by atoms with Crippen LogP contribution < -0.4 is 19.9 Å². The molecule has 0 aromatic heterocycles. The minimum Gasteiger partial charge on any atom is -0.493 e. The van der Waals surface area contributed by atoms with Gasteiger partial charge < -0.3 is 19.9 Å². The van der Waals surface area contributed by atoms with Crippen molar-refractivity contribution in [3.8, 4) is 17.2 Å². The first-order valence-electron chi connectivity index (χ1n) is 5.30. The molecule has 1 aromatic rings. The van der Waals surface area contributed by atoms with Gasteiger partial charge in [0.25, 0.3) is 0 Å². The molecular weight excluding hydrogens is 261 g/mol. The van der Waals surface area contributed by atoms with Crippen molar-refractivity contribution in [2.24, 2.45) is 5.73 Å². The van der Waals surface area contributed by atoms with Crippen LogP contribution in [-0.4, -0.2) is 28.0 Å². The van der Waals surface area contributed by atoms with Gasteiger partial charge in [0, 0.05) is 11.6 Å². The van der Waals surface area contributed by atoms with E-state index in [0.29, 0.717) is 22.8 Å². The summed E-state index contributed by atoms with van der Waals surface area (Å²) in [7, 11) is 4.58. The summed E-state index contributed by atoms with van der Waals surface area (Å²) in [6, 6.07) is 3.07. The monoisotopic (exact) mass is 279 g/mol. The smallest absolute Gasteiger partial charge is 0.203 e. The van der Waals surface area contributed by atoms with Crippen molar-refractivity contribution in [1.82, 2.24) is 0 Å². The number of alkyl halides is 1. The second-order valence-electron chi connectivity index (χ2n) is 3.51. The van der Waals surface area contributed by atoms with E-state index < -0.39 is 12.7 Å². The van der Waals surface area contributed by atoms with Crippen LogP contribution in [0.25, 0.3) is 0 Å². The SMILES string of the molecule is COc1ccc([C@H](N)CCF)c(OC)c1OC.Cl. The quantitative estimate of drug-likeness (QED) is 0.869. The molecule has 4 nitrogen and oxygen atoms in total. The van der Waals surface area contributed by atoms with Crippen LogP contribution in [0.2, 0.25) is 0 Å². The zero-order valence-electron chi connectivity index (χ0n) is 10.7. The third-order valence-corrected chi connectivity index (χ3v) is 2.55. The lowest BCUT2D eigenvalue weighted by molar-refractivity contribution is 0.319. The standard InChI is InChI=1S/C12H18FNO3.ClH/c1-15-10-5-4-8(9(14)6-7-13)11(16-2)12(10)17-3;/h4-5,9H,6-7,14H2,1-3H3;1H/t9-;/m1./s1. The van der Waals surface area contributed by atoms with Gasteiger partial charge in [-0.1, -0.05) is 0 Å². The van der Waals surface area contributed by atoms with Crippen LogP contribution in [0, 0.1) is 0 Å². The molecule has 0 aliphatic heterocycles. The van der Waals surface area contributed by atoms with Gasteiger partial charge in [0.15, 0.2) is 11.5 Å². The number of hydrogen-bond donors (Lipinski definition) is 1. The van der Waals surface area contributed by atoms with Gasteiger partial charge in [-0.2, -0.15) is 0 Å². The normalized spacial score (nSPS) is 11.4. The van der Waals surface area contributed by atoms with Gasteiger partial charge in [-0.15, -0.1) is 12.4 Å². The lowest BCUT2D eigenvalue weighted by Crippen LogP contribution is -2.13. The predicted molar refractivity (Wildman–Crippen MR) is 70.9 cm³/mol. The van der Waals surface area contributed by atoms with Gasteiger partial charge in [-0.05, 0) is 18.6 Å². The molecular formula is C12H19ClFNO3. The van der Waals surface area contributed by atoms with Crippen molar-refractivity contribution in [3.63, 3.8) is 0 Å². The highest BCUT2D eigenvalue weighted by molar-refractivity contribution is 5.85. The Morgan fingerprint density at radius 3 is 2.17 bits per heavy atom. The average molecular weight is 280 g/mol. The van der Waals surface area contributed by atoms with Crippen LogP contribution in [0.3, 0.4) is 0 Å².